The number of aryl methyl sites for hydroxylation is 4. The Morgan fingerprint density at radius 2 is 1.48 bits per heavy atom. The summed E-state index contributed by atoms with van der Waals surface area (Å²) >= 11 is 0. The first kappa shape index (κ1) is 22.3. The lowest BCUT2D eigenvalue weighted by Crippen LogP contribution is -2.36. The standard InChI is InChI=1S/C28H28N2O3/c1-18-10-11-21(4)24(17-18)29-26-25(22-8-6-5-7-9-22)27(31)30(28(26)32)12-13-33-23-15-19(2)14-20(3)16-23/h5-11,14-17,29H,12-13H2,1-4H3. The van der Waals surface area contributed by atoms with Gasteiger partial charge in [0.15, 0.2) is 0 Å². The number of rotatable bonds is 7. The fourth-order valence-corrected chi connectivity index (χ4v) is 4.04. The largest absolute Gasteiger partial charge is 0.492 e. The van der Waals surface area contributed by atoms with Gasteiger partial charge in [-0.1, -0.05) is 48.5 Å². The summed E-state index contributed by atoms with van der Waals surface area (Å²) < 4.78 is 5.87. The maximum absolute atomic E-state index is 13.4. The molecule has 0 saturated carbocycles. The van der Waals surface area contributed by atoms with E-state index < -0.39 is 0 Å². The van der Waals surface area contributed by atoms with E-state index in [4.69, 9.17) is 4.74 Å². The van der Waals surface area contributed by atoms with Crippen molar-refractivity contribution in [2.75, 3.05) is 18.5 Å². The maximum atomic E-state index is 13.4. The zero-order valence-electron chi connectivity index (χ0n) is 19.4. The van der Waals surface area contributed by atoms with Crippen LogP contribution in [0.2, 0.25) is 0 Å². The second-order valence-corrected chi connectivity index (χ2v) is 8.49. The molecule has 1 aliphatic rings. The smallest absolute Gasteiger partial charge is 0.278 e. The van der Waals surface area contributed by atoms with Gasteiger partial charge in [-0.15, -0.1) is 0 Å². The zero-order chi connectivity index (χ0) is 23.5. The molecule has 0 saturated heterocycles. The van der Waals surface area contributed by atoms with Crippen LogP contribution in [0.3, 0.4) is 0 Å². The molecule has 3 aromatic rings. The summed E-state index contributed by atoms with van der Waals surface area (Å²) in [5, 5.41) is 3.26. The molecule has 1 N–H and O–H groups in total. The monoisotopic (exact) mass is 440 g/mol. The minimum atomic E-state index is -0.344. The Morgan fingerprint density at radius 3 is 2.18 bits per heavy atom. The van der Waals surface area contributed by atoms with Gasteiger partial charge in [0.05, 0.1) is 12.1 Å². The minimum Gasteiger partial charge on any atom is -0.492 e. The third kappa shape index (κ3) is 4.82. The molecule has 4 rings (SSSR count). The normalized spacial score (nSPS) is 13.6. The van der Waals surface area contributed by atoms with Crippen LogP contribution < -0.4 is 10.1 Å². The van der Waals surface area contributed by atoms with E-state index in [2.05, 4.69) is 11.4 Å². The lowest BCUT2D eigenvalue weighted by atomic mass is 10.0. The van der Waals surface area contributed by atoms with Crippen LogP contribution in [0.1, 0.15) is 27.8 Å². The summed E-state index contributed by atoms with van der Waals surface area (Å²) in [6.45, 7) is 8.37. The average Bonchev–Trinajstić information content (AvgIpc) is 3.00. The van der Waals surface area contributed by atoms with E-state index in [9.17, 15) is 9.59 Å². The van der Waals surface area contributed by atoms with E-state index in [1.807, 2.05) is 88.4 Å². The van der Waals surface area contributed by atoms with Crippen LogP contribution in [-0.2, 0) is 9.59 Å². The molecule has 5 nitrogen and oxygen atoms in total. The second-order valence-electron chi connectivity index (χ2n) is 8.49. The molecule has 2 amide bonds. The molecule has 5 heteroatoms. The number of ether oxygens (including phenoxy) is 1. The highest BCUT2D eigenvalue weighted by Gasteiger charge is 2.39. The molecule has 168 valence electrons. The van der Waals surface area contributed by atoms with Gasteiger partial charge in [0.1, 0.15) is 18.1 Å². The molecule has 0 fully saturated rings. The topological polar surface area (TPSA) is 58.6 Å². The summed E-state index contributed by atoms with van der Waals surface area (Å²) in [4.78, 5) is 28.0. The Kier molecular flexibility index (Phi) is 6.31. The van der Waals surface area contributed by atoms with E-state index in [-0.39, 0.29) is 25.0 Å². The Labute approximate surface area is 194 Å². The summed E-state index contributed by atoms with van der Waals surface area (Å²) in [5.74, 6) is 0.0726. The Hall–Kier alpha value is -3.86. The summed E-state index contributed by atoms with van der Waals surface area (Å²) in [6, 6.07) is 21.3. The third-order valence-electron chi connectivity index (χ3n) is 5.66. The third-order valence-corrected chi connectivity index (χ3v) is 5.66. The van der Waals surface area contributed by atoms with Crippen LogP contribution in [-0.4, -0.2) is 29.9 Å². The van der Waals surface area contributed by atoms with Crippen molar-refractivity contribution in [1.29, 1.82) is 0 Å². The van der Waals surface area contributed by atoms with Crippen LogP contribution in [0.4, 0.5) is 5.69 Å². The predicted octanol–water partition coefficient (Wildman–Crippen LogP) is 5.19. The molecule has 33 heavy (non-hydrogen) atoms. The lowest BCUT2D eigenvalue weighted by Gasteiger charge is -2.16. The maximum Gasteiger partial charge on any atom is 0.278 e. The molecular weight excluding hydrogens is 412 g/mol. The summed E-state index contributed by atoms with van der Waals surface area (Å²) in [7, 11) is 0. The van der Waals surface area contributed by atoms with Crippen molar-refractivity contribution in [3.05, 3.63) is 100 Å². The van der Waals surface area contributed by atoms with Gasteiger partial charge in [-0.2, -0.15) is 0 Å². The number of nitrogens with one attached hydrogen (secondary N) is 1. The fraction of sp³-hybridized carbons (Fsp3) is 0.214. The number of benzene rings is 3. The van der Waals surface area contributed by atoms with Crippen LogP contribution in [0.15, 0.2) is 72.4 Å². The molecule has 0 radical (unpaired) electrons. The van der Waals surface area contributed by atoms with E-state index in [1.165, 1.54) is 4.90 Å². The van der Waals surface area contributed by atoms with Crippen molar-refractivity contribution < 1.29 is 14.3 Å². The van der Waals surface area contributed by atoms with Crippen LogP contribution in [0, 0.1) is 27.7 Å². The molecule has 1 heterocycles. The summed E-state index contributed by atoms with van der Waals surface area (Å²) in [6.07, 6.45) is 0. The molecular formula is C28H28N2O3. The van der Waals surface area contributed by atoms with Crippen molar-refractivity contribution in [3.8, 4) is 5.75 Å². The molecule has 0 atom stereocenters. The van der Waals surface area contributed by atoms with Gasteiger partial charge in [-0.25, -0.2) is 0 Å². The number of hydrogen-bond acceptors (Lipinski definition) is 4. The Bertz CT molecular complexity index is 1230. The first-order valence-electron chi connectivity index (χ1n) is 11.0. The molecule has 0 spiro atoms. The van der Waals surface area contributed by atoms with Gasteiger partial charge in [-0.3, -0.25) is 14.5 Å². The van der Waals surface area contributed by atoms with E-state index in [1.54, 1.807) is 0 Å². The number of hydrogen-bond donors (Lipinski definition) is 1. The van der Waals surface area contributed by atoms with Gasteiger partial charge >= 0.3 is 0 Å². The fourth-order valence-electron chi connectivity index (χ4n) is 4.04. The van der Waals surface area contributed by atoms with Crippen molar-refractivity contribution in [3.63, 3.8) is 0 Å². The Morgan fingerprint density at radius 1 is 0.788 bits per heavy atom. The minimum absolute atomic E-state index is 0.166. The second kappa shape index (κ2) is 9.33. The van der Waals surface area contributed by atoms with Gasteiger partial charge in [0, 0.05) is 5.69 Å². The average molecular weight is 441 g/mol. The quantitative estimate of drug-likeness (QED) is 0.514. The highest BCUT2D eigenvalue weighted by Crippen LogP contribution is 2.31. The predicted molar refractivity (Wildman–Crippen MR) is 131 cm³/mol. The number of carbonyl (C=O) groups is 2. The Balaban J connectivity index is 1.60. The van der Waals surface area contributed by atoms with Crippen molar-refractivity contribution >= 4 is 23.1 Å². The van der Waals surface area contributed by atoms with Crippen LogP contribution in [0.25, 0.3) is 5.57 Å². The molecule has 0 aliphatic carbocycles. The van der Waals surface area contributed by atoms with Gasteiger partial charge in [0.25, 0.3) is 11.8 Å². The lowest BCUT2D eigenvalue weighted by molar-refractivity contribution is -0.137. The number of nitrogens with zero attached hydrogens (tertiary/aromatic N) is 1. The highest BCUT2D eigenvalue weighted by atomic mass is 16.5. The number of amides is 2. The molecule has 1 aliphatic heterocycles. The van der Waals surface area contributed by atoms with Gasteiger partial charge in [0.2, 0.25) is 0 Å². The highest BCUT2D eigenvalue weighted by molar-refractivity contribution is 6.36. The molecule has 0 unspecified atom stereocenters. The van der Waals surface area contributed by atoms with E-state index in [0.29, 0.717) is 16.8 Å². The van der Waals surface area contributed by atoms with E-state index >= 15 is 0 Å². The van der Waals surface area contributed by atoms with E-state index in [0.717, 1.165) is 33.7 Å². The van der Waals surface area contributed by atoms with Crippen molar-refractivity contribution in [2.24, 2.45) is 0 Å². The van der Waals surface area contributed by atoms with Crippen molar-refractivity contribution in [1.82, 2.24) is 4.90 Å². The molecule has 0 aromatic heterocycles. The molecule has 3 aromatic carbocycles. The number of imide groups is 1. The number of carbonyl (C=O) groups excluding carboxylic acids is 2. The van der Waals surface area contributed by atoms with Crippen molar-refractivity contribution in [2.45, 2.75) is 27.7 Å². The van der Waals surface area contributed by atoms with Crippen LogP contribution >= 0.6 is 0 Å². The molecule has 0 bridgehead atoms. The summed E-state index contributed by atoms with van der Waals surface area (Å²) in [5.41, 5.74) is 6.48. The SMILES string of the molecule is Cc1cc(C)cc(OCCN2C(=O)C(Nc3cc(C)ccc3C)=C(c3ccccc3)C2=O)c1. The first-order chi connectivity index (χ1) is 15.8. The first-order valence-corrected chi connectivity index (χ1v) is 11.0. The van der Waals surface area contributed by atoms with Gasteiger partial charge < -0.3 is 10.1 Å². The van der Waals surface area contributed by atoms with Gasteiger partial charge in [-0.05, 0) is 73.7 Å². The number of anilines is 1. The van der Waals surface area contributed by atoms with Crippen LogP contribution in [0.5, 0.6) is 5.75 Å². The zero-order valence-corrected chi connectivity index (χ0v) is 19.4.